The molecule has 0 aromatic heterocycles. The van der Waals surface area contributed by atoms with Crippen molar-refractivity contribution in [3.8, 4) is 0 Å². The predicted octanol–water partition coefficient (Wildman–Crippen LogP) is 5.04. The van der Waals surface area contributed by atoms with Crippen LogP contribution in [0.25, 0.3) is 0 Å². The number of aldehydes is 1. The van der Waals surface area contributed by atoms with Crippen LogP contribution in [0.5, 0.6) is 0 Å². The molecule has 43 heavy (non-hydrogen) atoms. The number of allylic oxidation sites excluding steroid dienone is 5. The van der Waals surface area contributed by atoms with E-state index in [-0.39, 0.29) is 36.8 Å². The highest BCUT2D eigenvalue weighted by Crippen LogP contribution is 2.33. The Kier molecular flexibility index (Phi) is 23.3. The summed E-state index contributed by atoms with van der Waals surface area (Å²) < 4.78 is 19.1. The Morgan fingerprint density at radius 1 is 1.14 bits per heavy atom. The summed E-state index contributed by atoms with van der Waals surface area (Å²) in [5.74, 6) is -0.201. The maximum atomic E-state index is 13.5. The second-order valence-electron chi connectivity index (χ2n) is 10.0. The van der Waals surface area contributed by atoms with Gasteiger partial charge < -0.3 is 30.4 Å². The number of amides is 2. The van der Waals surface area contributed by atoms with E-state index in [1.54, 1.807) is 33.4 Å². The lowest BCUT2D eigenvalue weighted by Crippen LogP contribution is -2.47. The fraction of sp³-hybridized carbons (Fsp3) is 0.559. The highest BCUT2D eigenvalue weighted by atomic mass is 19.1. The van der Waals surface area contributed by atoms with Gasteiger partial charge in [0.25, 0.3) is 0 Å². The van der Waals surface area contributed by atoms with Crippen LogP contribution in [-0.2, 0) is 25.5 Å². The van der Waals surface area contributed by atoms with Crippen LogP contribution in [0.15, 0.2) is 60.2 Å². The smallest absolute Gasteiger partial charge is 0.240 e. The number of likely N-dealkylation sites (N-methyl/N-ethyl adjacent to an activating group) is 2. The minimum atomic E-state index is -0.342. The molecule has 9 heteroatoms. The van der Waals surface area contributed by atoms with E-state index in [2.05, 4.69) is 54.1 Å². The highest BCUT2D eigenvalue weighted by Gasteiger charge is 2.37. The van der Waals surface area contributed by atoms with Gasteiger partial charge in [-0.15, -0.1) is 0 Å². The Morgan fingerprint density at radius 3 is 2.37 bits per heavy atom. The van der Waals surface area contributed by atoms with E-state index in [1.165, 1.54) is 28.2 Å². The Morgan fingerprint density at radius 2 is 1.81 bits per heavy atom. The van der Waals surface area contributed by atoms with Crippen LogP contribution in [0.4, 0.5) is 4.39 Å². The van der Waals surface area contributed by atoms with Gasteiger partial charge in [0.1, 0.15) is 12.1 Å². The predicted molar refractivity (Wildman–Crippen MR) is 174 cm³/mol. The van der Waals surface area contributed by atoms with Crippen LogP contribution in [0, 0.1) is 12.8 Å². The summed E-state index contributed by atoms with van der Waals surface area (Å²) in [6.07, 6.45) is 11.1. The molecule has 0 spiro atoms. The minimum Gasteiger partial charge on any atom is -0.500 e. The average Bonchev–Trinajstić information content (AvgIpc) is 3.86. The summed E-state index contributed by atoms with van der Waals surface area (Å²) in [5.41, 5.74) is 3.55. The first kappa shape index (κ1) is 39.7. The van der Waals surface area contributed by atoms with Crippen LogP contribution in [-0.4, -0.2) is 75.9 Å². The molecular formula is C34H55FN4O4. The number of rotatable bonds is 18. The van der Waals surface area contributed by atoms with Crippen molar-refractivity contribution >= 4 is 18.1 Å². The molecule has 1 saturated carbocycles. The lowest BCUT2D eigenvalue weighted by molar-refractivity contribution is -0.134. The van der Waals surface area contributed by atoms with Crippen molar-refractivity contribution in [2.24, 2.45) is 5.92 Å². The summed E-state index contributed by atoms with van der Waals surface area (Å²) in [5, 5.41) is 8.82. The number of hydrogen-bond acceptors (Lipinski definition) is 6. The SMILES string of the molecule is CC.CCc1ccc(C)cc1.C\C=C(F)/C=C\C(=C\OCCNC(C(=O)N(C)CC=O)C1CC1)CCCNC(=O)CNC. The van der Waals surface area contributed by atoms with Crippen molar-refractivity contribution in [1.29, 1.82) is 0 Å². The van der Waals surface area contributed by atoms with Crippen molar-refractivity contribution in [3.05, 3.63) is 71.3 Å². The van der Waals surface area contributed by atoms with E-state index in [0.29, 0.717) is 44.7 Å². The van der Waals surface area contributed by atoms with Gasteiger partial charge in [-0.25, -0.2) is 4.39 Å². The number of benzene rings is 1. The van der Waals surface area contributed by atoms with Crippen LogP contribution < -0.4 is 16.0 Å². The highest BCUT2D eigenvalue weighted by molar-refractivity contribution is 5.84. The molecular weight excluding hydrogens is 547 g/mol. The van der Waals surface area contributed by atoms with Gasteiger partial charge in [-0.3, -0.25) is 9.59 Å². The average molecular weight is 603 g/mol. The van der Waals surface area contributed by atoms with Crippen molar-refractivity contribution < 1.29 is 23.5 Å². The molecule has 1 aromatic rings. The van der Waals surface area contributed by atoms with E-state index < -0.39 is 0 Å². The third-order valence-corrected chi connectivity index (χ3v) is 6.47. The summed E-state index contributed by atoms with van der Waals surface area (Å²) in [6.45, 7) is 11.6. The van der Waals surface area contributed by atoms with Crippen molar-refractivity contribution in [2.45, 2.75) is 72.8 Å². The normalized spacial score (nSPS) is 13.7. The number of halogens is 1. The van der Waals surface area contributed by atoms with Gasteiger partial charge in [0, 0.05) is 20.1 Å². The molecule has 3 N–H and O–H groups in total. The van der Waals surface area contributed by atoms with Crippen molar-refractivity contribution in [1.82, 2.24) is 20.9 Å². The molecule has 0 saturated heterocycles. The Bertz CT molecular complexity index is 1000. The van der Waals surface area contributed by atoms with E-state index in [4.69, 9.17) is 4.74 Å². The molecule has 2 rings (SSSR count). The van der Waals surface area contributed by atoms with Gasteiger partial charge in [-0.1, -0.05) is 62.8 Å². The van der Waals surface area contributed by atoms with Gasteiger partial charge in [-0.05, 0) is 76.1 Å². The van der Waals surface area contributed by atoms with Crippen LogP contribution in [0.3, 0.4) is 0 Å². The molecule has 2 amide bonds. The molecule has 1 aliphatic carbocycles. The fourth-order valence-electron chi connectivity index (χ4n) is 3.80. The largest absolute Gasteiger partial charge is 0.500 e. The van der Waals surface area contributed by atoms with Crippen LogP contribution >= 0.6 is 0 Å². The Balaban J connectivity index is 0.00000134. The molecule has 1 unspecified atom stereocenters. The Labute approximate surface area is 259 Å². The van der Waals surface area contributed by atoms with Crippen molar-refractivity contribution in [2.75, 3.05) is 46.9 Å². The first-order valence-corrected chi connectivity index (χ1v) is 15.4. The van der Waals surface area contributed by atoms with E-state index in [0.717, 1.165) is 24.8 Å². The number of ether oxygens (including phenoxy) is 1. The minimum absolute atomic E-state index is 0.0746. The van der Waals surface area contributed by atoms with Crippen molar-refractivity contribution in [3.63, 3.8) is 0 Å². The van der Waals surface area contributed by atoms with E-state index in [9.17, 15) is 18.8 Å². The topological polar surface area (TPSA) is 99.8 Å². The quantitative estimate of drug-likeness (QED) is 0.0943. The molecule has 1 aromatic carbocycles. The standard InChI is InChI=1S/C23H37FN4O4.C9H12.C2H6/c1-4-20(24)10-7-18(6-5-11-26-21(30)16-25-2)17-32-15-12-27-22(19-8-9-19)23(31)28(3)13-14-29;1-3-9-6-4-8(2)5-7-9;1-2/h4,7,10,14,17,19,22,25,27H,5-6,8-9,11-13,15-16H2,1-3H3,(H,26,30);4-7H,3H2,1-2H3;1-2H3/b10-7-,18-17+,20-4+;;. The molecule has 1 aliphatic rings. The summed E-state index contributed by atoms with van der Waals surface area (Å²) >= 11 is 0. The lowest BCUT2D eigenvalue weighted by Gasteiger charge is -2.23. The summed E-state index contributed by atoms with van der Waals surface area (Å²) in [7, 11) is 3.33. The van der Waals surface area contributed by atoms with Gasteiger partial charge >= 0.3 is 0 Å². The zero-order valence-corrected chi connectivity index (χ0v) is 27.4. The molecule has 0 heterocycles. The third kappa shape index (κ3) is 19.5. The van der Waals surface area contributed by atoms with E-state index >= 15 is 0 Å². The zero-order chi connectivity index (χ0) is 32.5. The zero-order valence-electron chi connectivity index (χ0n) is 27.4. The Hall–Kier alpha value is -3.30. The number of nitrogens with zero attached hydrogens (tertiary/aromatic N) is 1. The summed E-state index contributed by atoms with van der Waals surface area (Å²) in [4.78, 5) is 36.0. The first-order chi connectivity index (χ1) is 20.7. The number of carbonyl (C=O) groups is 3. The molecule has 1 atom stereocenters. The first-order valence-electron chi connectivity index (χ1n) is 15.4. The molecule has 0 aliphatic heterocycles. The lowest BCUT2D eigenvalue weighted by atomic mass is 10.1. The second-order valence-corrected chi connectivity index (χ2v) is 10.0. The fourth-order valence-corrected chi connectivity index (χ4v) is 3.80. The maximum Gasteiger partial charge on any atom is 0.240 e. The van der Waals surface area contributed by atoms with Gasteiger partial charge in [0.2, 0.25) is 11.8 Å². The van der Waals surface area contributed by atoms with Gasteiger partial charge in [-0.2, -0.15) is 0 Å². The molecule has 1 fully saturated rings. The van der Waals surface area contributed by atoms with Crippen LogP contribution in [0.1, 0.15) is 64.5 Å². The van der Waals surface area contributed by atoms with Crippen LogP contribution in [0.2, 0.25) is 0 Å². The maximum absolute atomic E-state index is 13.5. The molecule has 242 valence electrons. The van der Waals surface area contributed by atoms with Gasteiger partial charge in [0.05, 0.1) is 32.0 Å². The summed E-state index contributed by atoms with van der Waals surface area (Å²) in [6, 6.07) is 8.35. The second kappa shape index (κ2) is 25.2. The molecule has 0 bridgehead atoms. The molecule has 8 nitrogen and oxygen atoms in total. The number of carbonyl (C=O) groups excluding carboxylic acids is 3. The number of aryl methyl sites for hydroxylation is 2. The van der Waals surface area contributed by atoms with Gasteiger partial charge in [0.15, 0.2) is 0 Å². The molecule has 0 radical (unpaired) electrons. The number of hydrogen-bond donors (Lipinski definition) is 3. The van der Waals surface area contributed by atoms with E-state index in [1.807, 2.05) is 13.8 Å². The third-order valence-electron chi connectivity index (χ3n) is 6.47. The monoisotopic (exact) mass is 602 g/mol. The number of nitrogens with one attached hydrogen (secondary N) is 3.